The third kappa shape index (κ3) is 6.11. The van der Waals surface area contributed by atoms with Crippen molar-refractivity contribution < 1.29 is 19.1 Å². The Bertz CT molecular complexity index is 857. The molecule has 1 saturated carbocycles. The number of anilines is 1. The van der Waals surface area contributed by atoms with E-state index in [1.54, 1.807) is 30.3 Å². The number of esters is 1. The highest BCUT2D eigenvalue weighted by Gasteiger charge is 2.23. The number of ether oxygens (including phenoxy) is 1. The van der Waals surface area contributed by atoms with Crippen molar-refractivity contribution in [2.75, 3.05) is 11.9 Å². The lowest BCUT2D eigenvalue weighted by Crippen LogP contribution is -2.25. The number of rotatable bonds is 7. The Balaban J connectivity index is 1.46. The van der Waals surface area contributed by atoms with Crippen LogP contribution in [0.2, 0.25) is 0 Å². The predicted molar refractivity (Wildman–Crippen MR) is 102 cm³/mol. The minimum atomic E-state index is -0.605. The van der Waals surface area contributed by atoms with Gasteiger partial charge in [-0.25, -0.2) is 4.79 Å². The van der Waals surface area contributed by atoms with Crippen LogP contribution in [-0.2, 0) is 14.3 Å². The molecule has 2 aromatic carbocycles. The number of hydrogen-bond donors (Lipinski definition) is 2. The third-order valence-electron chi connectivity index (χ3n) is 3.88. The van der Waals surface area contributed by atoms with E-state index >= 15 is 0 Å². The van der Waals surface area contributed by atoms with Gasteiger partial charge in [0.25, 0.3) is 11.8 Å². The molecule has 0 aromatic heterocycles. The average molecular weight is 364 g/mol. The molecule has 0 saturated heterocycles. The Morgan fingerprint density at radius 1 is 1.04 bits per heavy atom. The first-order valence-corrected chi connectivity index (χ1v) is 8.71. The fourth-order valence-corrected chi connectivity index (χ4v) is 2.34. The van der Waals surface area contributed by atoms with Crippen molar-refractivity contribution in [3.63, 3.8) is 0 Å². The summed E-state index contributed by atoms with van der Waals surface area (Å²) in [6.07, 6.45) is 4.89. The summed E-state index contributed by atoms with van der Waals surface area (Å²) >= 11 is 0. The minimum absolute atomic E-state index is 0.161. The van der Waals surface area contributed by atoms with Gasteiger partial charge in [0.1, 0.15) is 0 Å². The maximum Gasteiger partial charge on any atom is 0.331 e. The minimum Gasteiger partial charge on any atom is -0.452 e. The molecule has 3 rings (SSSR count). The second-order valence-electron chi connectivity index (χ2n) is 6.23. The first-order chi connectivity index (χ1) is 13.1. The first kappa shape index (κ1) is 18.4. The molecule has 1 aliphatic carbocycles. The highest BCUT2D eigenvalue weighted by atomic mass is 16.5. The van der Waals surface area contributed by atoms with Gasteiger partial charge in [-0.3, -0.25) is 9.59 Å². The number of nitrogens with one attached hydrogen (secondary N) is 2. The lowest BCUT2D eigenvalue weighted by atomic mass is 10.2. The van der Waals surface area contributed by atoms with Crippen LogP contribution < -0.4 is 10.6 Å². The molecule has 1 aliphatic rings. The molecule has 6 heteroatoms. The Morgan fingerprint density at radius 2 is 1.81 bits per heavy atom. The normalized spacial score (nSPS) is 13.2. The lowest BCUT2D eigenvalue weighted by Gasteiger charge is -2.08. The SMILES string of the molecule is O=C(COC(=O)/C=C/c1ccccc1)Nc1cccc(C(=O)NC2CC2)c1. The molecule has 0 spiro atoms. The number of hydrogen-bond acceptors (Lipinski definition) is 4. The van der Waals surface area contributed by atoms with E-state index in [9.17, 15) is 14.4 Å². The van der Waals surface area contributed by atoms with Gasteiger partial charge in [-0.15, -0.1) is 0 Å². The quantitative estimate of drug-likeness (QED) is 0.584. The van der Waals surface area contributed by atoms with Gasteiger partial charge in [0, 0.05) is 23.4 Å². The van der Waals surface area contributed by atoms with Crippen molar-refractivity contribution in [3.05, 3.63) is 71.8 Å². The Labute approximate surface area is 157 Å². The van der Waals surface area contributed by atoms with Gasteiger partial charge in [-0.2, -0.15) is 0 Å². The summed E-state index contributed by atoms with van der Waals surface area (Å²) in [4.78, 5) is 35.7. The van der Waals surface area contributed by atoms with E-state index in [0.717, 1.165) is 18.4 Å². The summed E-state index contributed by atoms with van der Waals surface area (Å²) in [5.74, 6) is -1.24. The Hall–Kier alpha value is -3.41. The van der Waals surface area contributed by atoms with E-state index in [-0.39, 0.29) is 11.9 Å². The smallest absolute Gasteiger partial charge is 0.331 e. The average Bonchev–Trinajstić information content (AvgIpc) is 3.50. The van der Waals surface area contributed by atoms with Crippen LogP contribution in [0.5, 0.6) is 0 Å². The predicted octanol–water partition coefficient (Wildman–Crippen LogP) is 2.77. The molecule has 2 N–H and O–H groups in total. The van der Waals surface area contributed by atoms with Crippen molar-refractivity contribution in [3.8, 4) is 0 Å². The van der Waals surface area contributed by atoms with Crippen molar-refractivity contribution in [1.29, 1.82) is 0 Å². The zero-order valence-corrected chi connectivity index (χ0v) is 14.7. The molecule has 0 atom stereocenters. The highest BCUT2D eigenvalue weighted by Crippen LogP contribution is 2.20. The van der Waals surface area contributed by atoms with Crippen LogP contribution in [0.3, 0.4) is 0 Å². The van der Waals surface area contributed by atoms with Crippen LogP contribution in [0.4, 0.5) is 5.69 Å². The molecule has 6 nitrogen and oxygen atoms in total. The summed E-state index contributed by atoms with van der Waals surface area (Å²) in [6.45, 7) is -0.406. The van der Waals surface area contributed by atoms with Crippen molar-refractivity contribution >= 4 is 29.5 Å². The summed E-state index contributed by atoms with van der Waals surface area (Å²) < 4.78 is 4.92. The number of benzene rings is 2. The summed E-state index contributed by atoms with van der Waals surface area (Å²) in [7, 11) is 0. The third-order valence-corrected chi connectivity index (χ3v) is 3.88. The Kier molecular flexibility index (Phi) is 5.99. The molecule has 0 bridgehead atoms. The van der Waals surface area contributed by atoms with Crippen LogP contribution in [0.25, 0.3) is 6.08 Å². The van der Waals surface area contributed by atoms with E-state index in [1.807, 2.05) is 30.3 Å². The van der Waals surface area contributed by atoms with E-state index < -0.39 is 18.5 Å². The van der Waals surface area contributed by atoms with Crippen molar-refractivity contribution in [2.24, 2.45) is 0 Å². The van der Waals surface area contributed by atoms with Crippen LogP contribution in [0.1, 0.15) is 28.8 Å². The maximum absolute atomic E-state index is 12.0. The van der Waals surface area contributed by atoms with Crippen molar-refractivity contribution in [1.82, 2.24) is 5.32 Å². The van der Waals surface area contributed by atoms with Crippen LogP contribution >= 0.6 is 0 Å². The van der Waals surface area contributed by atoms with E-state index in [2.05, 4.69) is 10.6 Å². The second kappa shape index (κ2) is 8.80. The molecule has 2 amide bonds. The molecular formula is C21H20N2O4. The van der Waals surface area contributed by atoms with Gasteiger partial charge in [-0.05, 0) is 42.7 Å². The molecular weight excluding hydrogens is 344 g/mol. The van der Waals surface area contributed by atoms with Crippen molar-refractivity contribution in [2.45, 2.75) is 18.9 Å². The summed E-state index contributed by atoms with van der Waals surface area (Å²) in [6, 6.07) is 16.2. The molecule has 2 aromatic rings. The van der Waals surface area contributed by atoms with Gasteiger partial charge in [-0.1, -0.05) is 36.4 Å². The standard InChI is InChI=1S/C21H20N2O4/c24-19(14-27-20(25)12-9-15-5-2-1-3-6-15)22-18-8-4-7-16(13-18)21(26)23-17-10-11-17/h1-9,12-13,17H,10-11,14H2,(H,22,24)(H,23,26)/b12-9+. The molecule has 0 aliphatic heterocycles. The fraction of sp³-hybridized carbons (Fsp3) is 0.190. The topological polar surface area (TPSA) is 84.5 Å². The van der Waals surface area contributed by atoms with Gasteiger partial charge in [0.2, 0.25) is 0 Å². The number of carbonyl (C=O) groups is 3. The molecule has 27 heavy (non-hydrogen) atoms. The van der Waals surface area contributed by atoms with Gasteiger partial charge < -0.3 is 15.4 Å². The van der Waals surface area contributed by atoms with Crippen LogP contribution in [0, 0.1) is 0 Å². The van der Waals surface area contributed by atoms with Gasteiger partial charge in [0.15, 0.2) is 6.61 Å². The highest BCUT2D eigenvalue weighted by molar-refractivity contribution is 5.98. The molecule has 0 radical (unpaired) electrons. The zero-order valence-electron chi connectivity index (χ0n) is 14.7. The van der Waals surface area contributed by atoms with Crippen LogP contribution in [-0.4, -0.2) is 30.4 Å². The van der Waals surface area contributed by atoms with E-state index in [4.69, 9.17) is 4.74 Å². The summed E-state index contributed by atoms with van der Waals surface area (Å²) in [5, 5.41) is 5.50. The van der Waals surface area contributed by atoms with E-state index in [1.165, 1.54) is 6.08 Å². The van der Waals surface area contributed by atoms with Gasteiger partial charge in [0.05, 0.1) is 0 Å². The van der Waals surface area contributed by atoms with Crippen LogP contribution in [0.15, 0.2) is 60.7 Å². The largest absolute Gasteiger partial charge is 0.452 e. The van der Waals surface area contributed by atoms with E-state index in [0.29, 0.717) is 11.3 Å². The monoisotopic (exact) mass is 364 g/mol. The fourth-order valence-electron chi connectivity index (χ4n) is 2.34. The molecule has 0 heterocycles. The maximum atomic E-state index is 12.0. The Morgan fingerprint density at radius 3 is 2.56 bits per heavy atom. The first-order valence-electron chi connectivity index (χ1n) is 8.71. The second-order valence-corrected chi connectivity index (χ2v) is 6.23. The lowest BCUT2D eigenvalue weighted by molar-refractivity contribution is -0.142. The number of amides is 2. The van der Waals surface area contributed by atoms with Gasteiger partial charge >= 0.3 is 5.97 Å². The molecule has 0 unspecified atom stereocenters. The number of carbonyl (C=O) groups excluding carboxylic acids is 3. The zero-order chi connectivity index (χ0) is 19.1. The summed E-state index contributed by atoms with van der Waals surface area (Å²) in [5.41, 5.74) is 1.81. The molecule has 138 valence electrons. The molecule has 1 fully saturated rings.